The van der Waals surface area contributed by atoms with Gasteiger partial charge in [0, 0.05) is 18.9 Å². The second-order valence-electron chi connectivity index (χ2n) is 7.21. The third-order valence-corrected chi connectivity index (χ3v) is 6.10. The van der Waals surface area contributed by atoms with Crippen molar-refractivity contribution >= 4 is 15.7 Å². The Balaban J connectivity index is 1.66. The van der Waals surface area contributed by atoms with Gasteiger partial charge in [0.25, 0.3) is 5.91 Å². The molecule has 1 fully saturated rings. The van der Waals surface area contributed by atoms with Gasteiger partial charge in [-0.3, -0.25) is 4.79 Å². The maximum atomic E-state index is 12.8. The standard InChI is InChI=1S/C21H25NO4S/c1-15(17-8-12-20(13-9-17)27(3,24)25)22(2)21(23)18-6-10-19(11-7-18)26-14-16-4-5-16/h6-13,15-16H,4-5,14H2,1-3H3. The quantitative estimate of drug-likeness (QED) is 0.726. The Labute approximate surface area is 160 Å². The summed E-state index contributed by atoms with van der Waals surface area (Å²) in [6.07, 6.45) is 3.66. The molecule has 0 spiro atoms. The Bertz CT molecular complexity index is 900. The van der Waals surface area contributed by atoms with Crippen LogP contribution < -0.4 is 4.74 Å². The van der Waals surface area contributed by atoms with E-state index < -0.39 is 9.84 Å². The summed E-state index contributed by atoms with van der Waals surface area (Å²) in [6.45, 7) is 2.66. The van der Waals surface area contributed by atoms with Gasteiger partial charge in [-0.25, -0.2) is 8.42 Å². The van der Waals surface area contributed by atoms with E-state index in [0.29, 0.717) is 11.5 Å². The molecule has 1 aliphatic rings. The summed E-state index contributed by atoms with van der Waals surface area (Å²) in [5, 5.41) is 0. The van der Waals surface area contributed by atoms with Crippen LogP contribution in [0.15, 0.2) is 53.4 Å². The number of nitrogens with zero attached hydrogens (tertiary/aromatic N) is 1. The molecular formula is C21H25NO4S. The van der Waals surface area contributed by atoms with Crippen LogP contribution in [-0.4, -0.2) is 39.1 Å². The first kappa shape index (κ1) is 19.4. The van der Waals surface area contributed by atoms with E-state index in [1.165, 1.54) is 19.1 Å². The van der Waals surface area contributed by atoms with E-state index in [0.717, 1.165) is 17.9 Å². The minimum Gasteiger partial charge on any atom is -0.493 e. The lowest BCUT2D eigenvalue weighted by atomic mass is 10.1. The van der Waals surface area contributed by atoms with Gasteiger partial charge in [0.15, 0.2) is 9.84 Å². The van der Waals surface area contributed by atoms with E-state index in [9.17, 15) is 13.2 Å². The maximum absolute atomic E-state index is 12.8. The lowest BCUT2D eigenvalue weighted by molar-refractivity contribution is 0.0742. The normalized spacial score (nSPS) is 15.2. The number of sulfone groups is 1. The minimum atomic E-state index is -3.23. The van der Waals surface area contributed by atoms with Crippen LogP contribution in [0.4, 0.5) is 0 Å². The summed E-state index contributed by atoms with van der Waals surface area (Å²) in [5.41, 5.74) is 1.47. The number of rotatable bonds is 7. The van der Waals surface area contributed by atoms with E-state index in [1.807, 2.05) is 19.1 Å². The average Bonchev–Trinajstić information content (AvgIpc) is 3.49. The Morgan fingerprint density at radius 3 is 2.22 bits per heavy atom. The predicted molar refractivity (Wildman–Crippen MR) is 105 cm³/mol. The summed E-state index contributed by atoms with van der Waals surface area (Å²) in [6, 6.07) is 13.7. The highest BCUT2D eigenvalue weighted by molar-refractivity contribution is 7.90. The number of carbonyl (C=O) groups excluding carboxylic acids is 1. The van der Waals surface area contributed by atoms with Crippen molar-refractivity contribution < 1.29 is 17.9 Å². The zero-order valence-corrected chi connectivity index (χ0v) is 16.7. The van der Waals surface area contributed by atoms with E-state index >= 15 is 0 Å². The van der Waals surface area contributed by atoms with Crippen molar-refractivity contribution in [2.45, 2.75) is 30.7 Å². The van der Waals surface area contributed by atoms with Crippen LogP contribution in [0.25, 0.3) is 0 Å². The smallest absolute Gasteiger partial charge is 0.254 e. The molecule has 1 amide bonds. The molecule has 0 aromatic heterocycles. The monoisotopic (exact) mass is 387 g/mol. The first-order valence-corrected chi connectivity index (χ1v) is 10.9. The van der Waals surface area contributed by atoms with Gasteiger partial charge in [-0.15, -0.1) is 0 Å². The largest absolute Gasteiger partial charge is 0.493 e. The zero-order chi connectivity index (χ0) is 19.6. The molecule has 6 heteroatoms. The molecular weight excluding hydrogens is 362 g/mol. The van der Waals surface area contributed by atoms with Gasteiger partial charge in [-0.05, 0) is 67.6 Å². The Morgan fingerprint density at radius 2 is 1.70 bits per heavy atom. The molecule has 0 radical (unpaired) electrons. The molecule has 2 aromatic carbocycles. The van der Waals surface area contributed by atoms with Crippen LogP contribution >= 0.6 is 0 Å². The molecule has 2 aromatic rings. The van der Waals surface area contributed by atoms with Gasteiger partial charge in [-0.2, -0.15) is 0 Å². The highest BCUT2D eigenvalue weighted by atomic mass is 32.2. The summed E-state index contributed by atoms with van der Waals surface area (Å²) in [7, 11) is -1.48. The fourth-order valence-corrected chi connectivity index (χ4v) is 3.42. The van der Waals surface area contributed by atoms with Crippen LogP contribution in [0, 0.1) is 5.92 Å². The maximum Gasteiger partial charge on any atom is 0.254 e. The van der Waals surface area contributed by atoms with Gasteiger partial charge in [0.1, 0.15) is 5.75 Å². The van der Waals surface area contributed by atoms with Crippen molar-refractivity contribution in [3.05, 3.63) is 59.7 Å². The third-order valence-electron chi connectivity index (χ3n) is 4.98. The number of ether oxygens (including phenoxy) is 1. The van der Waals surface area contributed by atoms with E-state index in [1.54, 1.807) is 48.3 Å². The SMILES string of the molecule is CC(c1ccc(S(C)(=O)=O)cc1)N(C)C(=O)c1ccc(OCC2CC2)cc1. The fraction of sp³-hybridized carbons (Fsp3) is 0.381. The summed E-state index contributed by atoms with van der Waals surface area (Å²) in [5.74, 6) is 1.38. The van der Waals surface area contributed by atoms with Crippen molar-refractivity contribution in [3.63, 3.8) is 0 Å². The van der Waals surface area contributed by atoms with Crippen molar-refractivity contribution in [1.82, 2.24) is 4.90 Å². The molecule has 0 saturated heterocycles. The second-order valence-corrected chi connectivity index (χ2v) is 9.23. The van der Waals surface area contributed by atoms with E-state index in [-0.39, 0.29) is 16.8 Å². The number of hydrogen-bond donors (Lipinski definition) is 0. The number of hydrogen-bond acceptors (Lipinski definition) is 4. The molecule has 1 atom stereocenters. The number of carbonyl (C=O) groups is 1. The van der Waals surface area contributed by atoms with Crippen LogP contribution in [0.5, 0.6) is 5.75 Å². The lowest BCUT2D eigenvalue weighted by Gasteiger charge is -2.25. The molecule has 0 aliphatic heterocycles. The molecule has 0 N–H and O–H groups in total. The Hall–Kier alpha value is -2.34. The zero-order valence-electron chi connectivity index (χ0n) is 15.9. The number of benzene rings is 2. The molecule has 144 valence electrons. The van der Waals surface area contributed by atoms with Gasteiger partial charge >= 0.3 is 0 Å². The molecule has 0 heterocycles. The molecule has 0 bridgehead atoms. The molecule has 3 rings (SSSR count). The summed E-state index contributed by atoms with van der Waals surface area (Å²) >= 11 is 0. The van der Waals surface area contributed by atoms with Gasteiger partial charge in [0.2, 0.25) is 0 Å². The minimum absolute atomic E-state index is 0.0940. The summed E-state index contributed by atoms with van der Waals surface area (Å²) in [4.78, 5) is 14.7. The van der Waals surface area contributed by atoms with Crippen molar-refractivity contribution in [2.24, 2.45) is 5.92 Å². The van der Waals surface area contributed by atoms with Gasteiger partial charge in [-0.1, -0.05) is 12.1 Å². The fourth-order valence-electron chi connectivity index (χ4n) is 2.79. The summed E-state index contributed by atoms with van der Waals surface area (Å²) < 4.78 is 28.9. The molecule has 1 saturated carbocycles. The Morgan fingerprint density at radius 1 is 1.11 bits per heavy atom. The lowest BCUT2D eigenvalue weighted by Crippen LogP contribution is -2.29. The van der Waals surface area contributed by atoms with Crippen LogP contribution in [0.3, 0.4) is 0 Å². The topological polar surface area (TPSA) is 63.7 Å². The van der Waals surface area contributed by atoms with Crippen LogP contribution in [0.1, 0.15) is 41.7 Å². The molecule has 27 heavy (non-hydrogen) atoms. The first-order valence-electron chi connectivity index (χ1n) is 9.06. The van der Waals surface area contributed by atoms with Crippen molar-refractivity contribution in [2.75, 3.05) is 19.9 Å². The highest BCUT2D eigenvalue weighted by Gasteiger charge is 2.22. The van der Waals surface area contributed by atoms with Gasteiger partial charge < -0.3 is 9.64 Å². The van der Waals surface area contributed by atoms with E-state index in [4.69, 9.17) is 4.74 Å². The third kappa shape index (κ3) is 4.89. The second kappa shape index (κ2) is 7.72. The number of amides is 1. The van der Waals surface area contributed by atoms with Gasteiger partial charge in [0.05, 0.1) is 17.5 Å². The van der Waals surface area contributed by atoms with Crippen LogP contribution in [0.2, 0.25) is 0 Å². The predicted octanol–water partition coefficient (Wildman–Crippen LogP) is 3.71. The Kier molecular flexibility index (Phi) is 5.56. The van der Waals surface area contributed by atoms with Crippen LogP contribution in [-0.2, 0) is 9.84 Å². The molecule has 5 nitrogen and oxygen atoms in total. The van der Waals surface area contributed by atoms with Crippen molar-refractivity contribution in [1.29, 1.82) is 0 Å². The first-order chi connectivity index (χ1) is 12.8. The highest BCUT2D eigenvalue weighted by Crippen LogP contribution is 2.29. The molecule has 1 unspecified atom stereocenters. The van der Waals surface area contributed by atoms with Crippen molar-refractivity contribution in [3.8, 4) is 5.75 Å². The van der Waals surface area contributed by atoms with E-state index in [2.05, 4.69) is 0 Å². The molecule has 1 aliphatic carbocycles. The average molecular weight is 388 g/mol.